The Hall–Kier alpha value is -1.78. The van der Waals surface area contributed by atoms with E-state index in [0.29, 0.717) is 24.0 Å². The number of nitro groups is 1. The Labute approximate surface area is 125 Å². The van der Waals surface area contributed by atoms with Crippen LogP contribution in [0.4, 0.5) is 11.4 Å². The highest BCUT2D eigenvalue weighted by atomic mass is 16.6. The first kappa shape index (κ1) is 15.6. The molecule has 5 nitrogen and oxygen atoms in total. The molecule has 2 atom stereocenters. The maximum Gasteiger partial charge on any atom is 0.296 e. The summed E-state index contributed by atoms with van der Waals surface area (Å²) in [4.78, 5) is 10.9. The number of benzene rings is 1. The lowest BCUT2D eigenvalue weighted by molar-refractivity contribution is -0.384. The third-order valence-electron chi connectivity index (χ3n) is 4.15. The van der Waals surface area contributed by atoms with E-state index in [1.165, 1.54) is 6.07 Å². The van der Waals surface area contributed by atoms with Gasteiger partial charge in [0.15, 0.2) is 0 Å². The lowest BCUT2D eigenvalue weighted by Gasteiger charge is -2.20. The Kier molecular flexibility index (Phi) is 4.40. The second kappa shape index (κ2) is 5.92. The molecule has 1 saturated carbocycles. The van der Waals surface area contributed by atoms with Crippen molar-refractivity contribution in [1.29, 1.82) is 0 Å². The van der Waals surface area contributed by atoms with Crippen molar-refractivity contribution in [2.75, 3.05) is 11.9 Å². The van der Waals surface area contributed by atoms with Crippen molar-refractivity contribution in [2.45, 2.75) is 46.6 Å². The van der Waals surface area contributed by atoms with Gasteiger partial charge < -0.3 is 10.1 Å². The first-order valence-corrected chi connectivity index (χ1v) is 7.50. The molecule has 1 aromatic rings. The fourth-order valence-corrected chi connectivity index (χ4v) is 3.33. The highest BCUT2D eigenvalue weighted by Gasteiger charge is 2.37. The molecule has 2 rings (SSSR count). The molecule has 2 unspecified atom stereocenters. The van der Waals surface area contributed by atoms with E-state index in [4.69, 9.17) is 4.74 Å². The van der Waals surface area contributed by atoms with Crippen molar-refractivity contribution >= 4 is 11.4 Å². The average Bonchev–Trinajstić information content (AvgIpc) is 2.64. The first-order valence-electron chi connectivity index (χ1n) is 7.50. The van der Waals surface area contributed by atoms with E-state index >= 15 is 0 Å². The van der Waals surface area contributed by atoms with Crippen LogP contribution in [-0.2, 0) is 0 Å². The molecule has 0 aliphatic heterocycles. The highest BCUT2D eigenvalue weighted by molar-refractivity contribution is 5.64. The van der Waals surface area contributed by atoms with E-state index in [1.807, 2.05) is 6.92 Å². The Balaban J connectivity index is 2.21. The number of anilines is 1. The molecule has 1 N–H and O–H groups in total. The van der Waals surface area contributed by atoms with Crippen LogP contribution in [-0.4, -0.2) is 17.6 Å². The van der Waals surface area contributed by atoms with Crippen molar-refractivity contribution in [3.05, 3.63) is 28.3 Å². The van der Waals surface area contributed by atoms with E-state index in [2.05, 4.69) is 26.1 Å². The van der Waals surface area contributed by atoms with Crippen molar-refractivity contribution in [3.63, 3.8) is 0 Å². The molecular formula is C16H24N2O3. The Morgan fingerprint density at radius 1 is 1.43 bits per heavy atom. The summed E-state index contributed by atoms with van der Waals surface area (Å²) in [5.74, 6) is 1.04. The fraction of sp³-hybridized carbons (Fsp3) is 0.625. The zero-order chi connectivity index (χ0) is 15.6. The van der Waals surface area contributed by atoms with Gasteiger partial charge in [0.05, 0.1) is 17.6 Å². The molecule has 116 valence electrons. The lowest BCUT2D eigenvalue weighted by atomic mass is 9.91. The molecule has 0 amide bonds. The Morgan fingerprint density at radius 3 is 2.67 bits per heavy atom. The van der Waals surface area contributed by atoms with Gasteiger partial charge in [0.1, 0.15) is 11.4 Å². The van der Waals surface area contributed by atoms with Crippen LogP contribution in [0, 0.1) is 21.4 Å². The summed E-state index contributed by atoms with van der Waals surface area (Å²) < 4.78 is 5.34. The Morgan fingerprint density at radius 2 is 2.14 bits per heavy atom. The molecule has 0 aromatic heterocycles. The normalized spacial score (nSPS) is 23.8. The molecule has 0 radical (unpaired) electrons. The molecule has 1 fully saturated rings. The summed E-state index contributed by atoms with van der Waals surface area (Å²) in [5.41, 5.74) is 0.952. The number of nitrogens with zero attached hydrogens (tertiary/aromatic N) is 1. The summed E-state index contributed by atoms with van der Waals surface area (Å²) in [5, 5.41) is 14.6. The van der Waals surface area contributed by atoms with E-state index in [-0.39, 0.29) is 22.1 Å². The van der Waals surface area contributed by atoms with Gasteiger partial charge in [-0.25, -0.2) is 0 Å². The van der Waals surface area contributed by atoms with Gasteiger partial charge in [-0.15, -0.1) is 0 Å². The van der Waals surface area contributed by atoms with E-state index in [9.17, 15) is 10.1 Å². The molecule has 0 spiro atoms. The molecule has 0 saturated heterocycles. The van der Waals surface area contributed by atoms with Gasteiger partial charge in [0.25, 0.3) is 5.69 Å². The predicted molar refractivity (Wildman–Crippen MR) is 83.9 cm³/mol. The standard InChI is InChI=1S/C16H24N2O3/c1-5-21-12-6-7-13(15(8-12)18(19)20)17-14-10-16(3,4)9-11(14)2/h6-8,11,14,17H,5,9-10H2,1-4H3. The van der Waals surface area contributed by atoms with Crippen molar-refractivity contribution in [3.8, 4) is 5.75 Å². The van der Waals surface area contributed by atoms with E-state index in [0.717, 1.165) is 12.8 Å². The van der Waals surface area contributed by atoms with Gasteiger partial charge in [-0.2, -0.15) is 0 Å². The number of nitrogens with one attached hydrogen (secondary N) is 1. The third-order valence-corrected chi connectivity index (χ3v) is 4.15. The second-order valence-corrected chi connectivity index (χ2v) is 6.67. The summed E-state index contributed by atoms with van der Waals surface area (Å²) in [7, 11) is 0. The molecule has 21 heavy (non-hydrogen) atoms. The third kappa shape index (κ3) is 3.65. The van der Waals surface area contributed by atoms with Gasteiger partial charge in [0, 0.05) is 6.04 Å². The maximum absolute atomic E-state index is 11.3. The summed E-state index contributed by atoms with van der Waals surface area (Å²) in [6.45, 7) is 9.06. The Bertz CT molecular complexity index is 528. The van der Waals surface area contributed by atoms with Crippen LogP contribution in [0.5, 0.6) is 5.75 Å². The average molecular weight is 292 g/mol. The van der Waals surface area contributed by atoms with Crippen LogP contribution in [0.15, 0.2) is 18.2 Å². The lowest BCUT2D eigenvalue weighted by Crippen LogP contribution is -2.23. The van der Waals surface area contributed by atoms with Crippen LogP contribution >= 0.6 is 0 Å². The number of hydrogen-bond donors (Lipinski definition) is 1. The van der Waals surface area contributed by atoms with E-state index in [1.54, 1.807) is 12.1 Å². The highest BCUT2D eigenvalue weighted by Crippen LogP contribution is 2.43. The quantitative estimate of drug-likeness (QED) is 0.651. The maximum atomic E-state index is 11.3. The topological polar surface area (TPSA) is 64.4 Å². The van der Waals surface area contributed by atoms with Crippen LogP contribution in [0.1, 0.15) is 40.5 Å². The predicted octanol–water partition coefficient (Wildman–Crippen LogP) is 4.23. The molecule has 1 aromatic carbocycles. The number of rotatable bonds is 5. The van der Waals surface area contributed by atoms with Crippen LogP contribution in [0.25, 0.3) is 0 Å². The monoisotopic (exact) mass is 292 g/mol. The zero-order valence-corrected chi connectivity index (χ0v) is 13.2. The summed E-state index contributed by atoms with van der Waals surface area (Å²) in [6, 6.07) is 5.30. The van der Waals surface area contributed by atoms with Crippen LogP contribution in [0.3, 0.4) is 0 Å². The first-order chi connectivity index (χ1) is 9.82. The largest absolute Gasteiger partial charge is 0.494 e. The SMILES string of the molecule is CCOc1ccc(NC2CC(C)(C)CC2C)c([N+](=O)[O-])c1. The second-order valence-electron chi connectivity index (χ2n) is 6.67. The minimum absolute atomic E-state index is 0.0813. The van der Waals surface area contributed by atoms with Gasteiger partial charge in [-0.05, 0) is 43.2 Å². The van der Waals surface area contributed by atoms with Crippen LogP contribution in [0.2, 0.25) is 0 Å². The summed E-state index contributed by atoms with van der Waals surface area (Å²) >= 11 is 0. The summed E-state index contributed by atoms with van der Waals surface area (Å²) in [6.07, 6.45) is 2.16. The smallest absolute Gasteiger partial charge is 0.296 e. The van der Waals surface area contributed by atoms with Crippen LogP contribution < -0.4 is 10.1 Å². The van der Waals surface area contributed by atoms with E-state index < -0.39 is 0 Å². The number of nitro benzene ring substituents is 1. The number of hydrogen-bond acceptors (Lipinski definition) is 4. The van der Waals surface area contributed by atoms with Gasteiger partial charge in [0.2, 0.25) is 0 Å². The fourth-order valence-electron chi connectivity index (χ4n) is 3.33. The van der Waals surface area contributed by atoms with Gasteiger partial charge in [-0.3, -0.25) is 10.1 Å². The molecule has 1 aliphatic carbocycles. The van der Waals surface area contributed by atoms with Crippen molar-refractivity contribution < 1.29 is 9.66 Å². The molecule has 0 bridgehead atoms. The molecule has 5 heteroatoms. The zero-order valence-electron chi connectivity index (χ0n) is 13.2. The minimum Gasteiger partial charge on any atom is -0.494 e. The minimum atomic E-state index is -0.352. The molecule has 0 heterocycles. The van der Waals surface area contributed by atoms with Gasteiger partial charge >= 0.3 is 0 Å². The van der Waals surface area contributed by atoms with Gasteiger partial charge in [-0.1, -0.05) is 20.8 Å². The van der Waals surface area contributed by atoms with Crippen molar-refractivity contribution in [2.24, 2.45) is 11.3 Å². The van der Waals surface area contributed by atoms with Crippen molar-refractivity contribution in [1.82, 2.24) is 0 Å². The molecule has 1 aliphatic rings. The number of ether oxygens (including phenoxy) is 1. The molecular weight excluding hydrogens is 268 g/mol.